The van der Waals surface area contributed by atoms with Crippen LogP contribution in [-0.4, -0.2) is 69.4 Å². The minimum Gasteiger partial charge on any atom is -0.348 e. The van der Waals surface area contributed by atoms with Gasteiger partial charge in [0, 0.05) is 45.0 Å². The normalized spacial score (nSPS) is 17.7. The Morgan fingerprint density at radius 1 is 1.31 bits per heavy atom. The van der Waals surface area contributed by atoms with Gasteiger partial charge >= 0.3 is 0 Å². The van der Waals surface area contributed by atoms with Crippen molar-refractivity contribution in [3.8, 4) is 0 Å². The zero-order valence-electron chi connectivity index (χ0n) is 15.5. The summed E-state index contributed by atoms with van der Waals surface area (Å²) in [5.41, 5.74) is 0.998. The molecule has 0 saturated carbocycles. The first-order chi connectivity index (χ1) is 12.5. The summed E-state index contributed by atoms with van der Waals surface area (Å²) in [6, 6.07) is 3.73. The molecule has 1 amide bonds. The van der Waals surface area contributed by atoms with Crippen LogP contribution in [0, 0.1) is 6.92 Å². The number of piperidine rings is 1. The number of carbonyl (C=O) groups is 1. The van der Waals surface area contributed by atoms with Gasteiger partial charge in [0.05, 0.1) is 12.2 Å². The molecule has 1 fully saturated rings. The van der Waals surface area contributed by atoms with E-state index in [1.165, 1.54) is 0 Å². The van der Waals surface area contributed by atoms with Crippen molar-refractivity contribution in [3.05, 3.63) is 36.0 Å². The van der Waals surface area contributed by atoms with Crippen molar-refractivity contribution in [2.45, 2.75) is 25.7 Å². The number of nitrogens with one attached hydrogen (secondary N) is 1. The van der Waals surface area contributed by atoms with Gasteiger partial charge in [-0.05, 0) is 32.4 Å². The highest BCUT2D eigenvalue weighted by Gasteiger charge is 2.25. The van der Waals surface area contributed by atoms with E-state index in [0.29, 0.717) is 24.1 Å². The van der Waals surface area contributed by atoms with Gasteiger partial charge in [0.15, 0.2) is 0 Å². The second-order valence-corrected chi connectivity index (χ2v) is 6.79. The number of likely N-dealkylation sites (tertiary alicyclic amines) is 1. The van der Waals surface area contributed by atoms with E-state index in [4.69, 9.17) is 0 Å². The second-order valence-electron chi connectivity index (χ2n) is 6.79. The van der Waals surface area contributed by atoms with Gasteiger partial charge in [0.25, 0.3) is 0 Å². The maximum absolute atomic E-state index is 12.0. The van der Waals surface area contributed by atoms with Gasteiger partial charge < -0.3 is 10.2 Å². The smallest absolute Gasteiger partial charge is 0.236 e. The topological polar surface area (TPSA) is 87.1 Å². The Bertz CT molecular complexity index is 750. The molecule has 8 heteroatoms. The van der Waals surface area contributed by atoms with Crippen molar-refractivity contribution in [2.75, 3.05) is 39.0 Å². The van der Waals surface area contributed by atoms with Crippen LogP contribution in [0.3, 0.4) is 0 Å². The first-order valence-electron chi connectivity index (χ1n) is 8.83. The molecule has 0 unspecified atom stereocenters. The number of aryl methyl sites for hydroxylation is 1. The Kier molecular flexibility index (Phi) is 5.72. The summed E-state index contributed by atoms with van der Waals surface area (Å²) in [4.78, 5) is 33.3. The number of amides is 1. The third-order valence-electron chi connectivity index (χ3n) is 4.44. The van der Waals surface area contributed by atoms with Crippen molar-refractivity contribution in [1.29, 1.82) is 0 Å². The molecule has 1 N–H and O–H groups in total. The third-order valence-corrected chi connectivity index (χ3v) is 4.44. The fraction of sp³-hybridized carbons (Fsp3) is 0.500. The molecule has 0 aliphatic carbocycles. The summed E-state index contributed by atoms with van der Waals surface area (Å²) in [5, 5.41) is 3.13. The maximum atomic E-state index is 12.0. The molecule has 2 aromatic rings. The Hall–Kier alpha value is -2.61. The molecule has 138 valence electrons. The third kappa shape index (κ3) is 4.72. The number of carbonyl (C=O) groups excluding carboxylic acids is 1. The van der Waals surface area contributed by atoms with Crippen molar-refractivity contribution < 1.29 is 4.79 Å². The van der Waals surface area contributed by atoms with Gasteiger partial charge in [-0.15, -0.1) is 0 Å². The van der Waals surface area contributed by atoms with Crippen LogP contribution in [0.25, 0.3) is 0 Å². The van der Waals surface area contributed by atoms with Gasteiger partial charge in [0.1, 0.15) is 11.6 Å². The lowest BCUT2D eigenvalue weighted by Gasteiger charge is -2.32. The van der Waals surface area contributed by atoms with Crippen LogP contribution in [0.4, 0.5) is 11.8 Å². The summed E-state index contributed by atoms with van der Waals surface area (Å²) in [6.07, 6.45) is 5.49. The van der Waals surface area contributed by atoms with Crippen LogP contribution < -0.4 is 5.32 Å². The second kappa shape index (κ2) is 8.18. The molecule has 1 saturated heterocycles. The first kappa shape index (κ1) is 18.2. The predicted octanol–water partition coefficient (Wildman–Crippen LogP) is 1.59. The number of nitrogens with zero attached hydrogens (tertiary/aromatic N) is 6. The highest BCUT2D eigenvalue weighted by Crippen LogP contribution is 2.27. The summed E-state index contributed by atoms with van der Waals surface area (Å²) in [6.45, 7) is 4.12. The molecule has 0 aromatic carbocycles. The predicted molar refractivity (Wildman–Crippen MR) is 99.2 cm³/mol. The molecular weight excluding hydrogens is 330 g/mol. The number of hydrogen-bond acceptors (Lipinski definition) is 7. The molecule has 0 bridgehead atoms. The van der Waals surface area contributed by atoms with E-state index < -0.39 is 0 Å². The average molecular weight is 355 g/mol. The summed E-state index contributed by atoms with van der Waals surface area (Å²) in [5.74, 6) is 2.34. The van der Waals surface area contributed by atoms with E-state index in [2.05, 4.69) is 30.2 Å². The van der Waals surface area contributed by atoms with Crippen molar-refractivity contribution >= 4 is 17.7 Å². The minimum absolute atomic E-state index is 0.133. The van der Waals surface area contributed by atoms with Gasteiger partial charge in [-0.3, -0.25) is 9.69 Å². The SMILES string of the molecule is Cc1nc(Nc2ncccn2)cc([C@@H]2CCCN(CC(=O)N(C)C)C2)n1. The minimum atomic E-state index is 0.133. The fourth-order valence-corrected chi connectivity index (χ4v) is 3.12. The van der Waals surface area contributed by atoms with Crippen LogP contribution in [0.1, 0.15) is 30.3 Å². The molecule has 3 rings (SSSR count). The van der Waals surface area contributed by atoms with Crippen LogP contribution in [0.15, 0.2) is 24.5 Å². The Morgan fingerprint density at radius 2 is 2.08 bits per heavy atom. The molecule has 2 aromatic heterocycles. The average Bonchev–Trinajstić information content (AvgIpc) is 2.62. The molecule has 0 spiro atoms. The molecule has 8 nitrogen and oxygen atoms in total. The summed E-state index contributed by atoms with van der Waals surface area (Å²) < 4.78 is 0. The molecule has 1 atom stereocenters. The van der Waals surface area contributed by atoms with E-state index in [9.17, 15) is 4.79 Å². The quantitative estimate of drug-likeness (QED) is 0.871. The van der Waals surface area contributed by atoms with Crippen molar-refractivity contribution in [2.24, 2.45) is 0 Å². The molecule has 1 aliphatic rings. The van der Waals surface area contributed by atoms with Crippen LogP contribution in [0.2, 0.25) is 0 Å². The number of rotatable bonds is 5. The van der Waals surface area contributed by atoms with E-state index in [-0.39, 0.29) is 11.8 Å². The fourth-order valence-electron chi connectivity index (χ4n) is 3.12. The Morgan fingerprint density at radius 3 is 2.81 bits per heavy atom. The zero-order chi connectivity index (χ0) is 18.5. The van der Waals surface area contributed by atoms with Crippen molar-refractivity contribution in [1.82, 2.24) is 29.7 Å². The lowest BCUT2D eigenvalue weighted by molar-refractivity contribution is -0.130. The standard InChI is InChI=1S/C18H25N7O/c1-13-21-15(10-16(22-13)23-18-19-7-5-8-20-18)14-6-4-9-25(11-14)12-17(26)24(2)3/h5,7-8,10,14H,4,6,9,11-12H2,1-3H3,(H,19,20,21,22,23)/t14-/m1/s1. The first-order valence-corrected chi connectivity index (χ1v) is 8.83. The lowest BCUT2D eigenvalue weighted by atomic mass is 9.94. The maximum Gasteiger partial charge on any atom is 0.236 e. The van der Waals surface area contributed by atoms with Gasteiger partial charge in [0.2, 0.25) is 11.9 Å². The number of hydrogen-bond donors (Lipinski definition) is 1. The van der Waals surface area contributed by atoms with E-state index in [1.807, 2.05) is 13.0 Å². The van der Waals surface area contributed by atoms with Crippen LogP contribution in [-0.2, 0) is 4.79 Å². The molecule has 1 aliphatic heterocycles. The van der Waals surface area contributed by atoms with E-state index in [0.717, 1.165) is 31.6 Å². The number of anilines is 2. The van der Waals surface area contributed by atoms with Crippen LogP contribution in [0.5, 0.6) is 0 Å². The highest BCUT2D eigenvalue weighted by molar-refractivity contribution is 5.77. The molecular formula is C18H25N7O. The number of aromatic nitrogens is 4. The Balaban J connectivity index is 1.72. The zero-order valence-corrected chi connectivity index (χ0v) is 15.5. The molecule has 0 radical (unpaired) electrons. The summed E-state index contributed by atoms with van der Waals surface area (Å²) >= 11 is 0. The molecule has 26 heavy (non-hydrogen) atoms. The van der Waals surface area contributed by atoms with E-state index in [1.54, 1.807) is 37.5 Å². The van der Waals surface area contributed by atoms with Crippen molar-refractivity contribution in [3.63, 3.8) is 0 Å². The number of likely N-dealkylation sites (N-methyl/N-ethyl adjacent to an activating group) is 1. The Labute approximate surface area is 153 Å². The van der Waals surface area contributed by atoms with Gasteiger partial charge in [-0.1, -0.05) is 0 Å². The highest BCUT2D eigenvalue weighted by atomic mass is 16.2. The summed E-state index contributed by atoms with van der Waals surface area (Å²) in [7, 11) is 3.59. The van der Waals surface area contributed by atoms with Gasteiger partial charge in [-0.25, -0.2) is 19.9 Å². The van der Waals surface area contributed by atoms with Crippen LogP contribution >= 0.6 is 0 Å². The van der Waals surface area contributed by atoms with E-state index >= 15 is 0 Å². The monoisotopic (exact) mass is 355 g/mol. The largest absolute Gasteiger partial charge is 0.348 e. The van der Waals surface area contributed by atoms with Gasteiger partial charge in [-0.2, -0.15) is 0 Å². The molecule has 3 heterocycles. The lowest BCUT2D eigenvalue weighted by Crippen LogP contribution is -2.41.